The first-order valence-corrected chi connectivity index (χ1v) is 7.06. The number of carbonyl (C=O) groups excluding carboxylic acids is 3. The van der Waals surface area contributed by atoms with Gasteiger partial charge in [-0.1, -0.05) is 5.06 Å². The molecule has 3 amide bonds. The van der Waals surface area contributed by atoms with Gasteiger partial charge in [0.1, 0.15) is 0 Å². The van der Waals surface area contributed by atoms with E-state index in [0.717, 1.165) is 11.8 Å². The van der Waals surface area contributed by atoms with Gasteiger partial charge in [0, 0.05) is 5.75 Å². The molecule has 0 aliphatic carbocycles. The second-order valence-corrected chi connectivity index (χ2v) is 6.17. The SMILES string of the molecule is CC(C)(CO)NC(=O)ON1C(=O)CC(SCCO)C1=O. The molecule has 20 heavy (non-hydrogen) atoms. The van der Waals surface area contributed by atoms with Crippen LogP contribution in [-0.2, 0) is 14.4 Å². The summed E-state index contributed by atoms with van der Waals surface area (Å²) >= 11 is 1.13. The van der Waals surface area contributed by atoms with Crippen molar-refractivity contribution >= 4 is 29.7 Å². The summed E-state index contributed by atoms with van der Waals surface area (Å²) < 4.78 is 0. The molecule has 0 spiro atoms. The average Bonchev–Trinajstić information content (AvgIpc) is 2.63. The van der Waals surface area contributed by atoms with Crippen LogP contribution in [0.3, 0.4) is 0 Å². The van der Waals surface area contributed by atoms with Crippen molar-refractivity contribution in [1.82, 2.24) is 10.4 Å². The van der Waals surface area contributed by atoms with Crippen molar-refractivity contribution in [2.45, 2.75) is 31.1 Å². The number of imide groups is 1. The molecule has 0 radical (unpaired) electrons. The molecule has 114 valence electrons. The van der Waals surface area contributed by atoms with Gasteiger partial charge >= 0.3 is 6.09 Å². The van der Waals surface area contributed by atoms with E-state index >= 15 is 0 Å². The molecular weight excluding hydrogens is 288 g/mol. The molecule has 1 heterocycles. The lowest BCUT2D eigenvalue weighted by atomic mass is 10.1. The highest BCUT2D eigenvalue weighted by atomic mass is 32.2. The lowest BCUT2D eigenvalue weighted by Gasteiger charge is -2.24. The Hall–Kier alpha value is -1.32. The molecule has 1 aliphatic heterocycles. The predicted molar refractivity (Wildman–Crippen MR) is 70.6 cm³/mol. The normalized spacial score (nSPS) is 19.4. The number of hydroxylamine groups is 2. The molecule has 1 unspecified atom stereocenters. The van der Waals surface area contributed by atoms with Crippen LogP contribution in [0.15, 0.2) is 0 Å². The zero-order chi connectivity index (χ0) is 15.3. The van der Waals surface area contributed by atoms with E-state index in [1.807, 2.05) is 0 Å². The number of amides is 3. The van der Waals surface area contributed by atoms with Crippen LogP contribution < -0.4 is 5.32 Å². The number of thioether (sulfide) groups is 1. The van der Waals surface area contributed by atoms with Crippen molar-refractivity contribution in [3.8, 4) is 0 Å². The van der Waals surface area contributed by atoms with Gasteiger partial charge in [-0.15, -0.1) is 11.8 Å². The molecular formula is C11H18N2O6S. The Labute approximate surface area is 120 Å². The third kappa shape index (κ3) is 4.36. The summed E-state index contributed by atoms with van der Waals surface area (Å²) in [4.78, 5) is 39.7. The highest BCUT2D eigenvalue weighted by molar-refractivity contribution is 8.00. The van der Waals surface area contributed by atoms with Crippen molar-refractivity contribution in [3.05, 3.63) is 0 Å². The number of nitrogens with zero attached hydrogens (tertiary/aromatic N) is 1. The van der Waals surface area contributed by atoms with Gasteiger partial charge in [0.25, 0.3) is 11.8 Å². The Kier molecular flexibility index (Phi) is 5.78. The first-order valence-electron chi connectivity index (χ1n) is 6.01. The van der Waals surface area contributed by atoms with E-state index in [1.165, 1.54) is 0 Å². The standard InChI is InChI=1S/C11H18N2O6S/c1-11(2,6-15)12-10(18)19-13-8(16)5-7(9(13)17)20-4-3-14/h7,14-15H,3-6H2,1-2H3,(H,12,18). The van der Waals surface area contributed by atoms with Gasteiger partial charge in [-0.05, 0) is 13.8 Å². The quantitative estimate of drug-likeness (QED) is 0.553. The Morgan fingerprint density at radius 2 is 2.15 bits per heavy atom. The largest absolute Gasteiger partial charge is 0.432 e. The molecule has 9 heteroatoms. The highest BCUT2D eigenvalue weighted by Crippen LogP contribution is 2.25. The zero-order valence-corrected chi connectivity index (χ0v) is 12.1. The molecule has 1 atom stereocenters. The number of rotatable bonds is 6. The summed E-state index contributed by atoms with van der Waals surface area (Å²) in [5.41, 5.74) is -0.923. The molecule has 0 aromatic carbocycles. The van der Waals surface area contributed by atoms with Crippen molar-refractivity contribution in [2.24, 2.45) is 0 Å². The van der Waals surface area contributed by atoms with Crippen LogP contribution in [0, 0.1) is 0 Å². The van der Waals surface area contributed by atoms with Crippen LogP contribution in [0.25, 0.3) is 0 Å². The van der Waals surface area contributed by atoms with E-state index in [-0.39, 0.29) is 19.6 Å². The fourth-order valence-corrected chi connectivity index (χ4v) is 2.31. The van der Waals surface area contributed by atoms with E-state index in [1.54, 1.807) is 13.8 Å². The summed E-state index contributed by atoms with van der Waals surface area (Å²) in [6.45, 7) is 2.69. The molecule has 3 N–H and O–H groups in total. The number of hydrogen-bond donors (Lipinski definition) is 3. The summed E-state index contributed by atoms with van der Waals surface area (Å²) in [6, 6.07) is 0. The Morgan fingerprint density at radius 3 is 2.70 bits per heavy atom. The van der Waals surface area contributed by atoms with Gasteiger partial charge in [0.05, 0.1) is 30.4 Å². The van der Waals surface area contributed by atoms with Gasteiger partial charge in [-0.3, -0.25) is 9.59 Å². The Bertz CT molecular complexity index is 400. The molecule has 0 bridgehead atoms. The summed E-state index contributed by atoms with van der Waals surface area (Å²) in [5.74, 6) is -0.908. The highest BCUT2D eigenvalue weighted by Gasteiger charge is 2.42. The molecule has 8 nitrogen and oxygen atoms in total. The molecule has 0 saturated carbocycles. The van der Waals surface area contributed by atoms with E-state index in [9.17, 15) is 14.4 Å². The van der Waals surface area contributed by atoms with Crippen LogP contribution in [0.2, 0.25) is 0 Å². The average molecular weight is 306 g/mol. The molecule has 0 aromatic heterocycles. The zero-order valence-electron chi connectivity index (χ0n) is 11.3. The number of nitrogens with one attached hydrogen (secondary N) is 1. The predicted octanol–water partition coefficient (Wildman–Crippen LogP) is -0.749. The topological polar surface area (TPSA) is 116 Å². The smallest absolute Gasteiger partial charge is 0.396 e. The molecule has 1 fully saturated rings. The first-order chi connectivity index (χ1) is 9.30. The molecule has 1 aliphatic rings. The maximum absolute atomic E-state index is 11.8. The van der Waals surface area contributed by atoms with Crippen LogP contribution in [-0.4, -0.2) is 62.9 Å². The summed E-state index contributed by atoms with van der Waals surface area (Å²) in [5, 5.41) is 19.8. The third-order valence-corrected chi connectivity index (χ3v) is 3.67. The van der Waals surface area contributed by atoms with Crippen molar-refractivity contribution in [1.29, 1.82) is 0 Å². The Balaban J connectivity index is 2.57. The van der Waals surface area contributed by atoms with Crippen LogP contribution in [0.4, 0.5) is 4.79 Å². The second kappa shape index (κ2) is 6.91. The van der Waals surface area contributed by atoms with Crippen molar-refractivity contribution in [2.75, 3.05) is 19.0 Å². The Morgan fingerprint density at radius 1 is 1.50 bits per heavy atom. The molecule has 0 aromatic rings. The lowest BCUT2D eigenvalue weighted by Crippen LogP contribution is -2.49. The fourth-order valence-electron chi connectivity index (χ4n) is 1.43. The van der Waals surface area contributed by atoms with E-state index in [4.69, 9.17) is 10.2 Å². The number of aliphatic hydroxyl groups excluding tert-OH is 2. The second-order valence-electron chi connectivity index (χ2n) is 4.86. The van der Waals surface area contributed by atoms with Gasteiger partial charge in [-0.2, -0.15) is 0 Å². The number of aliphatic hydroxyl groups is 2. The van der Waals surface area contributed by atoms with Gasteiger partial charge in [0.15, 0.2) is 0 Å². The van der Waals surface area contributed by atoms with Crippen molar-refractivity contribution in [3.63, 3.8) is 0 Å². The lowest BCUT2D eigenvalue weighted by molar-refractivity contribution is -0.171. The number of hydrogen-bond acceptors (Lipinski definition) is 7. The number of carbonyl (C=O) groups is 3. The molecule has 1 rings (SSSR count). The first kappa shape index (κ1) is 16.7. The minimum atomic E-state index is -0.987. The van der Waals surface area contributed by atoms with E-state index in [0.29, 0.717) is 10.8 Å². The van der Waals surface area contributed by atoms with Crippen molar-refractivity contribution < 1.29 is 29.4 Å². The minimum Gasteiger partial charge on any atom is -0.396 e. The van der Waals surface area contributed by atoms with Gasteiger partial charge < -0.3 is 20.4 Å². The minimum absolute atomic E-state index is 0.0693. The summed E-state index contributed by atoms with van der Waals surface area (Å²) in [7, 11) is 0. The maximum Gasteiger partial charge on any atom is 0.432 e. The van der Waals surface area contributed by atoms with Crippen LogP contribution in [0.5, 0.6) is 0 Å². The summed E-state index contributed by atoms with van der Waals surface area (Å²) in [6.07, 6.45) is -1.06. The third-order valence-electron chi connectivity index (χ3n) is 2.48. The van der Waals surface area contributed by atoms with Crippen LogP contribution >= 0.6 is 11.8 Å². The van der Waals surface area contributed by atoms with Gasteiger partial charge in [-0.25, -0.2) is 4.79 Å². The monoisotopic (exact) mass is 306 g/mol. The maximum atomic E-state index is 11.8. The van der Waals surface area contributed by atoms with E-state index in [2.05, 4.69) is 10.2 Å². The van der Waals surface area contributed by atoms with E-state index < -0.39 is 28.7 Å². The van der Waals surface area contributed by atoms with Gasteiger partial charge in [0.2, 0.25) is 0 Å². The fraction of sp³-hybridized carbons (Fsp3) is 0.727. The molecule has 1 saturated heterocycles. The van der Waals surface area contributed by atoms with Crippen LogP contribution in [0.1, 0.15) is 20.3 Å².